The minimum absolute atomic E-state index is 0.587. The highest BCUT2D eigenvalue weighted by Crippen LogP contribution is 2.09. The van der Waals surface area contributed by atoms with Gasteiger partial charge in [0.1, 0.15) is 0 Å². The van der Waals surface area contributed by atoms with E-state index in [4.69, 9.17) is 9.47 Å². The molecule has 1 atom stereocenters. The van der Waals surface area contributed by atoms with Gasteiger partial charge in [0.2, 0.25) is 0 Å². The second-order valence-electron chi connectivity index (χ2n) is 4.99. The van der Waals surface area contributed by atoms with Crippen molar-refractivity contribution in [2.75, 3.05) is 46.6 Å². The molecule has 0 amide bonds. The summed E-state index contributed by atoms with van der Waals surface area (Å²) in [5.74, 6) is 0. The molecule has 1 aliphatic rings. The van der Waals surface area contributed by atoms with Gasteiger partial charge >= 0.3 is 0 Å². The summed E-state index contributed by atoms with van der Waals surface area (Å²) in [5, 5.41) is 3.55. The first-order valence-corrected chi connectivity index (χ1v) is 6.78. The van der Waals surface area contributed by atoms with E-state index in [-0.39, 0.29) is 0 Å². The Labute approximate surface area is 106 Å². The minimum atomic E-state index is 0.587. The third-order valence-electron chi connectivity index (χ3n) is 3.30. The van der Waals surface area contributed by atoms with E-state index in [9.17, 15) is 0 Å². The molecule has 17 heavy (non-hydrogen) atoms. The second-order valence-corrected chi connectivity index (χ2v) is 4.99. The van der Waals surface area contributed by atoms with Crippen molar-refractivity contribution < 1.29 is 9.47 Å². The van der Waals surface area contributed by atoms with E-state index in [0.717, 1.165) is 19.7 Å². The molecular weight excluding hydrogens is 216 g/mol. The van der Waals surface area contributed by atoms with Crippen LogP contribution in [-0.2, 0) is 9.47 Å². The van der Waals surface area contributed by atoms with Crippen LogP contribution in [0.2, 0.25) is 0 Å². The number of nitrogens with one attached hydrogen (secondary N) is 1. The molecule has 0 aromatic heterocycles. The van der Waals surface area contributed by atoms with Gasteiger partial charge in [-0.05, 0) is 33.2 Å². The molecule has 0 bridgehead atoms. The smallest absolute Gasteiger partial charge is 0.0700 e. The van der Waals surface area contributed by atoms with Crippen LogP contribution in [-0.4, -0.2) is 63.5 Å². The van der Waals surface area contributed by atoms with Gasteiger partial charge in [-0.15, -0.1) is 0 Å². The van der Waals surface area contributed by atoms with Crippen molar-refractivity contribution >= 4 is 0 Å². The van der Waals surface area contributed by atoms with Gasteiger partial charge in [0.05, 0.1) is 19.8 Å². The fourth-order valence-corrected chi connectivity index (χ4v) is 2.18. The first-order chi connectivity index (χ1) is 8.24. The van der Waals surface area contributed by atoms with E-state index < -0.39 is 0 Å². The summed E-state index contributed by atoms with van der Waals surface area (Å²) < 4.78 is 10.5. The summed E-state index contributed by atoms with van der Waals surface area (Å²) >= 11 is 0. The van der Waals surface area contributed by atoms with Crippen molar-refractivity contribution in [3.63, 3.8) is 0 Å². The SMILES string of the molecule is COCCOCCN(CC1CCCN1)C(C)C. The van der Waals surface area contributed by atoms with Crippen LogP contribution in [0.1, 0.15) is 26.7 Å². The monoisotopic (exact) mass is 244 g/mol. The highest BCUT2D eigenvalue weighted by molar-refractivity contribution is 4.79. The molecule has 0 aromatic rings. The van der Waals surface area contributed by atoms with Crippen LogP contribution in [0.5, 0.6) is 0 Å². The van der Waals surface area contributed by atoms with Gasteiger partial charge in [-0.2, -0.15) is 0 Å². The lowest BCUT2D eigenvalue weighted by molar-refractivity contribution is 0.0506. The van der Waals surface area contributed by atoms with E-state index in [1.807, 2.05) is 0 Å². The predicted molar refractivity (Wildman–Crippen MR) is 70.4 cm³/mol. The van der Waals surface area contributed by atoms with E-state index in [1.54, 1.807) is 7.11 Å². The standard InChI is InChI=1S/C13H28N2O2/c1-12(2)15(7-8-17-10-9-16-3)11-13-5-4-6-14-13/h12-14H,4-11H2,1-3H3. The minimum Gasteiger partial charge on any atom is -0.382 e. The van der Waals surface area contributed by atoms with Crippen LogP contribution in [0.3, 0.4) is 0 Å². The summed E-state index contributed by atoms with van der Waals surface area (Å²) in [4.78, 5) is 2.50. The molecule has 1 fully saturated rings. The molecule has 102 valence electrons. The zero-order chi connectivity index (χ0) is 12.5. The lowest BCUT2D eigenvalue weighted by Gasteiger charge is -2.29. The van der Waals surface area contributed by atoms with Crippen molar-refractivity contribution in [1.29, 1.82) is 0 Å². The van der Waals surface area contributed by atoms with Crippen molar-refractivity contribution in [3.8, 4) is 0 Å². The fourth-order valence-electron chi connectivity index (χ4n) is 2.18. The number of nitrogens with zero attached hydrogens (tertiary/aromatic N) is 1. The molecule has 4 heteroatoms. The molecule has 0 aromatic carbocycles. The van der Waals surface area contributed by atoms with Gasteiger partial charge in [0, 0.05) is 32.3 Å². The third kappa shape index (κ3) is 6.36. The lowest BCUT2D eigenvalue weighted by atomic mass is 10.2. The Kier molecular flexibility index (Phi) is 7.77. The number of methoxy groups -OCH3 is 1. The zero-order valence-corrected chi connectivity index (χ0v) is 11.6. The molecular formula is C13H28N2O2. The molecule has 0 saturated carbocycles. The van der Waals surface area contributed by atoms with Gasteiger partial charge in [-0.25, -0.2) is 0 Å². The van der Waals surface area contributed by atoms with Crippen LogP contribution in [0, 0.1) is 0 Å². The molecule has 1 unspecified atom stereocenters. The molecule has 1 aliphatic heterocycles. The maximum Gasteiger partial charge on any atom is 0.0700 e. The topological polar surface area (TPSA) is 33.7 Å². The third-order valence-corrected chi connectivity index (χ3v) is 3.30. The average molecular weight is 244 g/mol. The molecule has 1 saturated heterocycles. The highest BCUT2D eigenvalue weighted by atomic mass is 16.5. The second kappa shape index (κ2) is 8.86. The van der Waals surface area contributed by atoms with Gasteiger partial charge in [0.15, 0.2) is 0 Å². The summed E-state index contributed by atoms with van der Waals surface area (Å²) in [6.07, 6.45) is 2.63. The Morgan fingerprint density at radius 1 is 1.29 bits per heavy atom. The highest BCUT2D eigenvalue weighted by Gasteiger charge is 2.19. The van der Waals surface area contributed by atoms with Crippen LogP contribution >= 0.6 is 0 Å². The van der Waals surface area contributed by atoms with Gasteiger partial charge in [-0.1, -0.05) is 0 Å². The van der Waals surface area contributed by atoms with E-state index in [1.165, 1.54) is 19.4 Å². The molecule has 1 heterocycles. The van der Waals surface area contributed by atoms with Crippen LogP contribution in [0.4, 0.5) is 0 Å². The quantitative estimate of drug-likeness (QED) is 0.616. The maximum absolute atomic E-state index is 5.53. The van der Waals surface area contributed by atoms with Crippen molar-refractivity contribution in [1.82, 2.24) is 10.2 Å². The maximum atomic E-state index is 5.53. The summed E-state index contributed by atoms with van der Waals surface area (Å²) in [7, 11) is 1.70. The van der Waals surface area contributed by atoms with Crippen molar-refractivity contribution in [2.24, 2.45) is 0 Å². The van der Waals surface area contributed by atoms with Crippen LogP contribution in [0.15, 0.2) is 0 Å². The Morgan fingerprint density at radius 3 is 2.71 bits per heavy atom. The van der Waals surface area contributed by atoms with E-state index in [2.05, 4.69) is 24.1 Å². The Morgan fingerprint density at radius 2 is 2.12 bits per heavy atom. The number of ether oxygens (including phenoxy) is 2. The van der Waals surface area contributed by atoms with Gasteiger partial charge in [0.25, 0.3) is 0 Å². The average Bonchev–Trinajstić information content (AvgIpc) is 2.79. The molecule has 4 nitrogen and oxygen atoms in total. The molecule has 0 radical (unpaired) electrons. The largest absolute Gasteiger partial charge is 0.382 e. The summed E-state index contributed by atoms with van der Waals surface area (Å²) in [6.45, 7) is 10.0. The van der Waals surface area contributed by atoms with Crippen LogP contribution < -0.4 is 5.32 Å². The van der Waals surface area contributed by atoms with Gasteiger partial charge in [-0.3, -0.25) is 4.90 Å². The zero-order valence-electron chi connectivity index (χ0n) is 11.6. The molecule has 0 aliphatic carbocycles. The van der Waals surface area contributed by atoms with Crippen molar-refractivity contribution in [2.45, 2.75) is 38.8 Å². The van der Waals surface area contributed by atoms with Gasteiger partial charge < -0.3 is 14.8 Å². The fraction of sp³-hybridized carbons (Fsp3) is 1.00. The molecule has 1 rings (SSSR count). The Hall–Kier alpha value is -0.160. The first-order valence-electron chi connectivity index (χ1n) is 6.78. The molecule has 1 N–H and O–H groups in total. The predicted octanol–water partition coefficient (Wildman–Crippen LogP) is 1.11. The molecule has 0 spiro atoms. The van der Waals surface area contributed by atoms with Crippen molar-refractivity contribution in [3.05, 3.63) is 0 Å². The number of rotatable bonds is 9. The van der Waals surface area contributed by atoms with E-state index in [0.29, 0.717) is 25.3 Å². The normalized spacial score (nSPS) is 20.6. The number of hydrogen-bond acceptors (Lipinski definition) is 4. The van der Waals surface area contributed by atoms with E-state index >= 15 is 0 Å². The van der Waals surface area contributed by atoms with Crippen LogP contribution in [0.25, 0.3) is 0 Å². The lowest BCUT2D eigenvalue weighted by Crippen LogP contribution is -2.42. The first kappa shape index (κ1) is 14.9. The summed E-state index contributed by atoms with van der Waals surface area (Å²) in [5.41, 5.74) is 0. The Balaban J connectivity index is 2.13. The summed E-state index contributed by atoms with van der Waals surface area (Å²) in [6, 6.07) is 1.26. The number of hydrogen-bond donors (Lipinski definition) is 1. The Bertz CT molecular complexity index is 182.